The maximum absolute atomic E-state index is 13.1. The maximum Gasteiger partial charge on any atom is 0.408 e. The summed E-state index contributed by atoms with van der Waals surface area (Å²) in [4.78, 5) is 25.3. The van der Waals surface area contributed by atoms with Crippen molar-refractivity contribution in [3.05, 3.63) is 30.3 Å². The molecule has 1 aromatic heterocycles. The van der Waals surface area contributed by atoms with Crippen molar-refractivity contribution in [2.75, 3.05) is 11.6 Å². The van der Waals surface area contributed by atoms with Gasteiger partial charge < -0.3 is 15.4 Å². The topological polar surface area (TPSA) is 93.2 Å². The lowest BCUT2D eigenvalue weighted by molar-refractivity contribution is -0.118. The average Bonchev–Trinajstić information content (AvgIpc) is 3.06. The Bertz CT molecular complexity index is 816. The molecule has 2 aromatic rings. The number of alkyl carbamates (subject to hydrolysis) is 1. The van der Waals surface area contributed by atoms with Crippen LogP contribution in [0.25, 0.3) is 11.3 Å². The molecule has 1 atom stereocenters. The Labute approximate surface area is 173 Å². The van der Waals surface area contributed by atoms with Gasteiger partial charge in [-0.05, 0) is 40.9 Å². The zero-order valence-corrected chi connectivity index (χ0v) is 18.5. The molecule has 2 amide bonds. The van der Waals surface area contributed by atoms with E-state index in [1.165, 1.54) is 11.8 Å². The number of hydrogen-bond donors (Lipinski definition) is 2. The minimum absolute atomic E-state index is 0.353. The van der Waals surface area contributed by atoms with Crippen molar-refractivity contribution < 1.29 is 14.3 Å². The van der Waals surface area contributed by atoms with Crippen LogP contribution in [0.15, 0.2) is 30.3 Å². The first kappa shape index (κ1) is 22.2. The van der Waals surface area contributed by atoms with Crippen LogP contribution in [0.5, 0.6) is 0 Å². The van der Waals surface area contributed by atoms with Crippen LogP contribution in [-0.4, -0.2) is 44.2 Å². The molecule has 0 bridgehead atoms. The number of benzene rings is 1. The second-order valence-electron chi connectivity index (χ2n) is 7.69. The van der Waals surface area contributed by atoms with Crippen molar-refractivity contribution in [3.8, 4) is 11.3 Å². The van der Waals surface area contributed by atoms with Gasteiger partial charge in [0.2, 0.25) is 5.91 Å². The van der Waals surface area contributed by atoms with E-state index in [0.29, 0.717) is 10.7 Å². The SMILES string of the molecule is CSC(C)(C)[C@H](NC(=O)OC(C)(C)C)C(=O)Nc1snnc1-c1ccccc1. The molecule has 152 valence electrons. The molecule has 0 aliphatic rings. The zero-order chi connectivity index (χ0) is 20.9. The monoisotopic (exact) mass is 422 g/mol. The largest absolute Gasteiger partial charge is 0.444 e. The summed E-state index contributed by atoms with van der Waals surface area (Å²) in [5.74, 6) is -0.353. The van der Waals surface area contributed by atoms with E-state index in [0.717, 1.165) is 17.1 Å². The standard InChI is InChI=1S/C19H26N4O3S2/c1-18(2,3)26-17(25)20-14(19(4,5)27-6)15(24)21-16-13(22-23-28-16)12-10-8-7-9-11-12/h7-11,14H,1-6H3,(H,20,25)(H,21,24)/t14-/m1/s1. The highest BCUT2D eigenvalue weighted by atomic mass is 32.2. The molecule has 28 heavy (non-hydrogen) atoms. The molecule has 0 spiro atoms. The molecule has 0 fully saturated rings. The van der Waals surface area contributed by atoms with E-state index in [9.17, 15) is 9.59 Å². The lowest BCUT2D eigenvalue weighted by atomic mass is 10.0. The summed E-state index contributed by atoms with van der Waals surface area (Å²) in [5.41, 5.74) is 0.792. The lowest BCUT2D eigenvalue weighted by Gasteiger charge is -2.32. The predicted octanol–water partition coefficient (Wildman–Crippen LogP) is 4.18. The summed E-state index contributed by atoms with van der Waals surface area (Å²) in [6.07, 6.45) is 1.25. The van der Waals surface area contributed by atoms with Crippen molar-refractivity contribution in [1.29, 1.82) is 0 Å². The van der Waals surface area contributed by atoms with Crippen molar-refractivity contribution >= 4 is 40.3 Å². The summed E-state index contributed by atoms with van der Waals surface area (Å²) in [6, 6.07) is 8.67. The van der Waals surface area contributed by atoms with Gasteiger partial charge in [-0.15, -0.1) is 5.10 Å². The van der Waals surface area contributed by atoms with Crippen LogP contribution in [0.4, 0.5) is 9.80 Å². The van der Waals surface area contributed by atoms with Gasteiger partial charge in [-0.3, -0.25) is 4.79 Å². The summed E-state index contributed by atoms with van der Waals surface area (Å²) >= 11 is 2.57. The molecule has 0 saturated carbocycles. The predicted molar refractivity (Wildman–Crippen MR) is 115 cm³/mol. The number of thioether (sulfide) groups is 1. The normalized spacial score (nSPS) is 12.9. The highest BCUT2D eigenvalue weighted by molar-refractivity contribution is 8.00. The number of hydrogen-bond acceptors (Lipinski definition) is 7. The first-order valence-corrected chi connectivity index (χ1v) is 10.8. The minimum atomic E-state index is -0.817. The van der Waals surface area contributed by atoms with Crippen LogP contribution >= 0.6 is 23.3 Å². The van der Waals surface area contributed by atoms with Gasteiger partial charge >= 0.3 is 6.09 Å². The number of anilines is 1. The number of amides is 2. The van der Waals surface area contributed by atoms with Gasteiger partial charge in [-0.25, -0.2) is 4.79 Å². The van der Waals surface area contributed by atoms with Crippen LogP contribution in [0.2, 0.25) is 0 Å². The highest BCUT2D eigenvalue weighted by Crippen LogP contribution is 2.31. The fourth-order valence-electron chi connectivity index (χ4n) is 2.34. The molecule has 0 saturated heterocycles. The van der Waals surface area contributed by atoms with Gasteiger partial charge in [-0.1, -0.05) is 34.8 Å². The summed E-state index contributed by atoms with van der Waals surface area (Å²) < 4.78 is 8.72. The number of ether oxygens (including phenoxy) is 1. The van der Waals surface area contributed by atoms with Gasteiger partial charge in [0.25, 0.3) is 0 Å². The average molecular weight is 423 g/mol. The van der Waals surface area contributed by atoms with E-state index in [-0.39, 0.29) is 5.91 Å². The summed E-state index contributed by atoms with van der Waals surface area (Å²) in [6.45, 7) is 9.11. The Hall–Kier alpha value is -2.13. The van der Waals surface area contributed by atoms with Gasteiger partial charge in [0.1, 0.15) is 22.3 Å². The Balaban J connectivity index is 2.22. The molecule has 7 nitrogen and oxygen atoms in total. The number of nitrogens with zero attached hydrogens (tertiary/aromatic N) is 2. The second kappa shape index (κ2) is 8.91. The van der Waals surface area contributed by atoms with Gasteiger partial charge in [0.15, 0.2) is 0 Å². The van der Waals surface area contributed by atoms with Crippen molar-refractivity contribution in [3.63, 3.8) is 0 Å². The number of nitrogens with one attached hydrogen (secondary N) is 2. The maximum atomic E-state index is 13.1. The molecule has 0 aliphatic heterocycles. The fraction of sp³-hybridized carbons (Fsp3) is 0.474. The molecule has 2 N–H and O–H groups in total. The smallest absolute Gasteiger partial charge is 0.408 e. The van der Waals surface area contributed by atoms with Crippen molar-refractivity contribution in [2.24, 2.45) is 0 Å². The minimum Gasteiger partial charge on any atom is -0.444 e. The third-order valence-electron chi connectivity index (χ3n) is 3.92. The molecular formula is C19H26N4O3S2. The Morgan fingerprint density at radius 2 is 1.79 bits per heavy atom. The van der Waals surface area contributed by atoms with Crippen LogP contribution in [-0.2, 0) is 9.53 Å². The molecule has 9 heteroatoms. The number of carbonyl (C=O) groups excluding carboxylic acids is 2. The van der Waals surface area contributed by atoms with Gasteiger partial charge in [-0.2, -0.15) is 11.8 Å². The first-order chi connectivity index (χ1) is 13.0. The van der Waals surface area contributed by atoms with E-state index in [1.54, 1.807) is 20.8 Å². The van der Waals surface area contributed by atoms with Crippen molar-refractivity contribution in [1.82, 2.24) is 14.9 Å². The van der Waals surface area contributed by atoms with Crippen molar-refractivity contribution in [2.45, 2.75) is 51.0 Å². The number of rotatable bonds is 6. The molecular weight excluding hydrogens is 396 g/mol. The van der Waals surface area contributed by atoms with Gasteiger partial charge in [0, 0.05) is 21.8 Å². The molecule has 1 heterocycles. The molecule has 1 aromatic carbocycles. The Morgan fingerprint density at radius 3 is 2.36 bits per heavy atom. The highest BCUT2D eigenvalue weighted by Gasteiger charge is 2.37. The number of carbonyl (C=O) groups is 2. The molecule has 0 radical (unpaired) electrons. The third kappa shape index (κ3) is 5.93. The van der Waals surface area contributed by atoms with Crippen LogP contribution in [0.3, 0.4) is 0 Å². The summed E-state index contributed by atoms with van der Waals surface area (Å²) in [5, 5.41) is 10.2. The second-order valence-corrected chi connectivity index (χ2v) is 9.91. The van der Waals surface area contributed by atoms with E-state index in [2.05, 4.69) is 20.2 Å². The molecule has 0 aliphatic carbocycles. The fourth-order valence-corrected chi connectivity index (χ4v) is 3.34. The van der Waals surface area contributed by atoms with E-state index >= 15 is 0 Å². The third-order valence-corrected chi connectivity index (χ3v) is 5.85. The van der Waals surface area contributed by atoms with E-state index in [1.807, 2.05) is 50.4 Å². The van der Waals surface area contributed by atoms with Crippen LogP contribution in [0.1, 0.15) is 34.6 Å². The Morgan fingerprint density at radius 1 is 1.14 bits per heavy atom. The zero-order valence-electron chi connectivity index (χ0n) is 16.9. The Kier molecular flexibility index (Phi) is 7.06. The lowest BCUT2D eigenvalue weighted by Crippen LogP contribution is -2.55. The molecule has 0 unspecified atom stereocenters. The van der Waals surface area contributed by atoms with E-state index in [4.69, 9.17) is 4.74 Å². The summed E-state index contributed by atoms with van der Waals surface area (Å²) in [7, 11) is 0. The van der Waals surface area contributed by atoms with Gasteiger partial charge in [0.05, 0.1) is 0 Å². The number of aromatic nitrogens is 2. The van der Waals surface area contributed by atoms with Crippen LogP contribution in [0, 0.1) is 0 Å². The first-order valence-electron chi connectivity index (χ1n) is 8.77. The van der Waals surface area contributed by atoms with E-state index < -0.39 is 22.5 Å². The quantitative estimate of drug-likeness (QED) is 0.725. The van der Waals surface area contributed by atoms with Crippen LogP contribution < -0.4 is 10.6 Å². The molecule has 2 rings (SSSR count).